The molecule has 4 aromatic rings. The third kappa shape index (κ3) is 4.21. The minimum atomic E-state index is -0.136. The second kappa shape index (κ2) is 8.48. The Hall–Kier alpha value is -3.80. The molecule has 29 heavy (non-hydrogen) atoms. The van der Waals surface area contributed by atoms with Gasteiger partial charge in [0.25, 0.3) is 0 Å². The Labute approximate surface area is 168 Å². The predicted octanol–water partition coefficient (Wildman–Crippen LogP) is 4.65. The number of nitrogens with one attached hydrogen (secondary N) is 2. The molecule has 6 nitrogen and oxygen atoms in total. The molecule has 0 unspecified atom stereocenters. The molecule has 0 saturated carbocycles. The van der Waals surface area contributed by atoms with E-state index in [-0.39, 0.29) is 18.9 Å². The Morgan fingerprint density at radius 2 is 1.69 bits per heavy atom. The molecule has 1 amide bonds. The maximum absolute atomic E-state index is 12.5. The Bertz CT molecular complexity index is 1100. The summed E-state index contributed by atoms with van der Waals surface area (Å²) >= 11 is 0. The number of imidazole rings is 1. The van der Waals surface area contributed by atoms with E-state index in [1.54, 1.807) is 7.11 Å². The highest BCUT2D eigenvalue weighted by Gasteiger charge is 2.12. The third-order valence-electron chi connectivity index (χ3n) is 4.50. The van der Waals surface area contributed by atoms with Crippen molar-refractivity contribution in [2.45, 2.75) is 6.42 Å². The molecule has 0 atom stereocenters. The van der Waals surface area contributed by atoms with Gasteiger partial charge in [-0.3, -0.25) is 4.79 Å². The maximum atomic E-state index is 12.5. The van der Waals surface area contributed by atoms with Crippen LogP contribution in [0.1, 0.15) is 6.42 Å². The van der Waals surface area contributed by atoms with E-state index < -0.39 is 0 Å². The van der Waals surface area contributed by atoms with E-state index in [4.69, 9.17) is 9.47 Å². The summed E-state index contributed by atoms with van der Waals surface area (Å²) in [5, 5.41) is 2.96. The van der Waals surface area contributed by atoms with Crippen molar-refractivity contribution in [2.75, 3.05) is 19.0 Å². The summed E-state index contributed by atoms with van der Waals surface area (Å²) in [7, 11) is 1.59. The first-order valence-corrected chi connectivity index (χ1v) is 9.34. The zero-order valence-electron chi connectivity index (χ0n) is 16.0. The van der Waals surface area contributed by atoms with Gasteiger partial charge in [-0.05, 0) is 36.4 Å². The molecule has 2 N–H and O–H groups in total. The largest absolute Gasteiger partial charge is 0.493 e. The lowest BCUT2D eigenvalue weighted by Crippen LogP contribution is -2.16. The number of H-pyrrole nitrogens is 1. The minimum Gasteiger partial charge on any atom is -0.493 e. The fourth-order valence-corrected chi connectivity index (χ4v) is 3.08. The molecule has 1 aromatic heterocycles. The number of carbonyl (C=O) groups excluding carboxylic acids is 1. The molecule has 0 radical (unpaired) electrons. The molecule has 0 saturated heterocycles. The number of aromatic nitrogens is 2. The molecule has 3 aromatic carbocycles. The van der Waals surface area contributed by atoms with Crippen LogP contribution >= 0.6 is 0 Å². The van der Waals surface area contributed by atoms with Gasteiger partial charge < -0.3 is 19.8 Å². The van der Waals surface area contributed by atoms with Gasteiger partial charge in [-0.1, -0.05) is 36.4 Å². The molecule has 0 bridgehead atoms. The van der Waals surface area contributed by atoms with Gasteiger partial charge in [-0.15, -0.1) is 0 Å². The van der Waals surface area contributed by atoms with Crippen molar-refractivity contribution < 1.29 is 14.3 Å². The quantitative estimate of drug-likeness (QED) is 0.484. The maximum Gasteiger partial charge on any atom is 0.227 e. The number of amides is 1. The van der Waals surface area contributed by atoms with Crippen molar-refractivity contribution in [1.82, 2.24) is 9.97 Å². The van der Waals surface area contributed by atoms with Crippen LogP contribution < -0.4 is 14.8 Å². The minimum absolute atomic E-state index is 0.136. The first-order valence-electron chi connectivity index (χ1n) is 9.34. The summed E-state index contributed by atoms with van der Waals surface area (Å²) in [6.45, 7) is 0.249. The number of hydrogen-bond donors (Lipinski definition) is 2. The molecule has 0 aliphatic heterocycles. The van der Waals surface area contributed by atoms with Crippen LogP contribution in [0.15, 0.2) is 72.8 Å². The van der Waals surface area contributed by atoms with E-state index in [2.05, 4.69) is 15.3 Å². The van der Waals surface area contributed by atoms with Crippen LogP contribution in [-0.4, -0.2) is 29.6 Å². The summed E-state index contributed by atoms with van der Waals surface area (Å²) in [4.78, 5) is 20.4. The number of para-hydroxylation sites is 5. The van der Waals surface area contributed by atoms with Gasteiger partial charge in [-0.2, -0.15) is 0 Å². The van der Waals surface area contributed by atoms with E-state index >= 15 is 0 Å². The standard InChI is InChI=1S/C23H21N3O3/c1-28-20-12-6-7-13-21(20)29-15-14-22(27)24-17-9-3-2-8-16(17)23-25-18-10-4-5-11-19(18)26-23/h2-13H,14-15H2,1H3,(H,24,27)(H,25,26). The van der Waals surface area contributed by atoms with Crippen LogP contribution in [0.3, 0.4) is 0 Å². The average molecular weight is 387 g/mol. The van der Waals surface area contributed by atoms with Gasteiger partial charge in [0, 0.05) is 5.56 Å². The van der Waals surface area contributed by atoms with Crippen molar-refractivity contribution >= 4 is 22.6 Å². The number of rotatable bonds is 7. The monoisotopic (exact) mass is 387 g/mol. The lowest BCUT2D eigenvalue weighted by molar-refractivity contribution is -0.116. The Kier molecular flexibility index (Phi) is 5.42. The number of aromatic amines is 1. The number of carbonyl (C=O) groups is 1. The number of hydrogen-bond acceptors (Lipinski definition) is 4. The van der Waals surface area contributed by atoms with Crippen molar-refractivity contribution in [3.63, 3.8) is 0 Å². The number of anilines is 1. The average Bonchev–Trinajstić information content (AvgIpc) is 3.18. The van der Waals surface area contributed by atoms with Crippen molar-refractivity contribution in [1.29, 1.82) is 0 Å². The topological polar surface area (TPSA) is 76.2 Å². The second-order valence-electron chi connectivity index (χ2n) is 6.45. The van der Waals surface area contributed by atoms with Gasteiger partial charge >= 0.3 is 0 Å². The first-order chi connectivity index (χ1) is 14.2. The van der Waals surface area contributed by atoms with E-state index in [1.807, 2.05) is 72.8 Å². The predicted molar refractivity (Wildman–Crippen MR) is 113 cm³/mol. The lowest BCUT2D eigenvalue weighted by atomic mass is 10.1. The zero-order chi connectivity index (χ0) is 20.1. The molecular formula is C23H21N3O3. The van der Waals surface area contributed by atoms with Gasteiger partial charge in [0.05, 0.1) is 36.9 Å². The summed E-state index contributed by atoms with van der Waals surface area (Å²) < 4.78 is 10.9. The molecule has 6 heteroatoms. The summed E-state index contributed by atoms with van der Waals surface area (Å²) in [6.07, 6.45) is 0.215. The van der Waals surface area contributed by atoms with E-state index in [0.717, 1.165) is 16.6 Å². The van der Waals surface area contributed by atoms with Crippen LogP contribution in [0.5, 0.6) is 11.5 Å². The summed E-state index contributed by atoms with van der Waals surface area (Å²) in [6, 6.07) is 22.8. The summed E-state index contributed by atoms with van der Waals surface area (Å²) in [5.41, 5.74) is 3.37. The number of methoxy groups -OCH3 is 1. The normalized spacial score (nSPS) is 10.7. The van der Waals surface area contributed by atoms with Crippen LogP contribution in [0.4, 0.5) is 5.69 Å². The van der Waals surface area contributed by atoms with Crippen LogP contribution in [-0.2, 0) is 4.79 Å². The molecule has 0 aliphatic rings. The fourth-order valence-electron chi connectivity index (χ4n) is 3.08. The van der Waals surface area contributed by atoms with Gasteiger partial charge in [0.15, 0.2) is 11.5 Å². The van der Waals surface area contributed by atoms with Crippen LogP contribution in [0.2, 0.25) is 0 Å². The number of nitrogens with zero attached hydrogens (tertiary/aromatic N) is 1. The highest BCUT2D eigenvalue weighted by molar-refractivity contribution is 5.95. The second-order valence-corrected chi connectivity index (χ2v) is 6.45. The van der Waals surface area contributed by atoms with Crippen molar-refractivity contribution in [3.8, 4) is 22.9 Å². The van der Waals surface area contributed by atoms with E-state index in [1.165, 1.54) is 0 Å². The van der Waals surface area contributed by atoms with Crippen LogP contribution in [0, 0.1) is 0 Å². The SMILES string of the molecule is COc1ccccc1OCCC(=O)Nc1ccccc1-c1nc2ccccc2[nH]1. The Morgan fingerprint density at radius 1 is 0.966 bits per heavy atom. The number of ether oxygens (including phenoxy) is 2. The molecule has 0 aliphatic carbocycles. The molecule has 146 valence electrons. The lowest BCUT2D eigenvalue weighted by Gasteiger charge is -2.11. The number of benzene rings is 3. The molecule has 4 rings (SSSR count). The van der Waals surface area contributed by atoms with E-state index in [0.29, 0.717) is 23.0 Å². The van der Waals surface area contributed by atoms with Gasteiger partial charge in [-0.25, -0.2) is 4.98 Å². The number of fused-ring (bicyclic) bond motifs is 1. The van der Waals surface area contributed by atoms with Gasteiger partial charge in [0.2, 0.25) is 5.91 Å². The Balaban J connectivity index is 1.43. The molecule has 0 fully saturated rings. The third-order valence-corrected chi connectivity index (χ3v) is 4.50. The van der Waals surface area contributed by atoms with E-state index in [9.17, 15) is 4.79 Å². The smallest absolute Gasteiger partial charge is 0.227 e. The highest BCUT2D eigenvalue weighted by atomic mass is 16.5. The Morgan fingerprint density at radius 3 is 2.52 bits per heavy atom. The molecule has 1 heterocycles. The molecular weight excluding hydrogens is 366 g/mol. The summed E-state index contributed by atoms with van der Waals surface area (Å²) in [5.74, 6) is 1.84. The van der Waals surface area contributed by atoms with Crippen LogP contribution in [0.25, 0.3) is 22.4 Å². The first kappa shape index (κ1) is 18.6. The van der Waals surface area contributed by atoms with Crippen molar-refractivity contribution in [3.05, 3.63) is 72.8 Å². The van der Waals surface area contributed by atoms with Crippen molar-refractivity contribution in [2.24, 2.45) is 0 Å². The fraction of sp³-hybridized carbons (Fsp3) is 0.130. The highest BCUT2D eigenvalue weighted by Crippen LogP contribution is 2.28. The zero-order valence-corrected chi connectivity index (χ0v) is 16.0. The van der Waals surface area contributed by atoms with Gasteiger partial charge in [0.1, 0.15) is 5.82 Å². The molecule has 0 spiro atoms.